The monoisotopic (exact) mass is 535 g/mol. The summed E-state index contributed by atoms with van der Waals surface area (Å²) in [6, 6.07) is 17.8. The summed E-state index contributed by atoms with van der Waals surface area (Å²) in [6.07, 6.45) is 3.97. The zero-order valence-corrected chi connectivity index (χ0v) is 19.9. The first-order chi connectivity index (χ1) is 17.6. The number of ether oxygens (including phenoxy) is 2. The number of hydrazone groups is 1. The van der Waals surface area contributed by atoms with Gasteiger partial charge >= 0.3 is 13.2 Å². The highest BCUT2D eigenvalue weighted by Crippen LogP contribution is 2.36. The Kier molecular flexibility index (Phi) is 7.79. The smallest absolute Gasteiger partial charge is 0.387 e. The lowest BCUT2D eigenvalue weighted by Crippen LogP contribution is -2.19. The molecule has 194 valence electrons. The van der Waals surface area contributed by atoms with Crippen molar-refractivity contribution >= 4 is 27.5 Å². The second-order valence-electron chi connectivity index (χ2n) is 7.92. The van der Waals surface area contributed by atoms with E-state index in [0.29, 0.717) is 17.8 Å². The Balaban J connectivity index is 1.60. The van der Waals surface area contributed by atoms with Crippen molar-refractivity contribution in [1.82, 2.24) is 0 Å². The Bertz CT molecular complexity index is 1380. The van der Waals surface area contributed by atoms with Crippen LogP contribution in [0, 0.1) is 0 Å². The number of allylic oxidation sites excluding steroid dienone is 1. The quantitative estimate of drug-likeness (QED) is 0.362. The Morgan fingerprint density at radius 3 is 1.89 bits per heavy atom. The molecule has 3 aromatic carbocycles. The van der Waals surface area contributed by atoms with E-state index >= 15 is 0 Å². The lowest BCUT2D eigenvalue weighted by atomic mass is 10.0. The predicted molar refractivity (Wildman–Crippen MR) is 130 cm³/mol. The molecule has 0 aromatic heterocycles. The Morgan fingerprint density at radius 1 is 0.838 bits per heavy atom. The Hall–Kier alpha value is -3.90. The van der Waals surface area contributed by atoms with Crippen LogP contribution in [0.5, 0.6) is 11.5 Å². The van der Waals surface area contributed by atoms with Gasteiger partial charge in [0.1, 0.15) is 11.5 Å². The number of rotatable bonds is 9. The molecule has 7 nitrogen and oxygen atoms in total. The molecule has 0 aliphatic carbocycles. The second-order valence-corrected chi connectivity index (χ2v) is 9.48. The number of alkyl halides is 4. The van der Waals surface area contributed by atoms with Crippen molar-refractivity contribution in [3.63, 3.8) is 0 Å². The zero-order valence-electron chi connectivity index (χ0n) is 19.0. The summed E-state index contributed by atoms with van der Waals surface area (Å²) in [7, 11) is -3.87. The fourth-order valence-electron chi connectivity index (χ4n) is 3.74. The number of halogens is 4. The molecule has 2 N–H and O–H groups in total. The fraction of sp³-hybridized carbons (Fsp3) is 0.160. The third-order valence-corrected chi connectivity index (χ3v) is 6.36. The van der Waals surface area contributed by atoms with Crippen LogP contribution in [0.3, 0.4) is 0 Å². The molecule has 1 aliphatic rings. The van der Waals surface area contributed by atoms with Gasteiger partial charge in [0.25, 0.3) is 0 Å². The molecule has 3 aromatic rings. The first-order valence-corrected chi connectivity index (χ1v) is 12.4. The highest BCUT2D eigenvalue weighted by atomic mass is 32.2. The van der Waals surface area contributed by atoms with E-state index in [9.17, 15) is 26.0 Å². The highest BCUT2D eigenvalue weighted by molar-refractivity contribution is 7.89. The molecule has 0 amide bonds. The molecule has 0 spiro atoms. The van der Waals surface area contributed by atoms with Crippen molar-refractivity contribution in [2.75, 3.05) is 5.01 Å². The number of nitrogens with zero attached hydrogens (tertiary/aromatic N) is 2. The van der Waals surface area contributed by atoms with Crippen molar-refractivity contribution in [1.29, 1.82) is 0 Å². The number of nitrogens with two attached hydrogens (primary N) is 1. The Morgan fingerprint density at radius 2 is 1.38 bits per heavy atom. The average Bonchev–Trinajstić information content (AvgIpc) is 3.27. The van der Waals surface area contributed by atoms with E-state index in [1.165, 1.54) is 36.4 Å². The van der Waals surface area contributed by atoms with Crippen molar-refractivity contribution in [2.45, 2.75) is 30.6 Å². The van der Waals surface area contributed by atoms with E-state index < -0.39 is 23.2 Å². The number of sulfonamides is 1. The number of primary sulfonamides is 1. The number of hydrogen-bond donors (Lipinski definition) is 1. The van der Waals surface area contributed by atoms with Gasteiger partial charge in [-0.2, -0.15) is 22.7 Å². The molecule has 0 saturated heterocycles. The summed E-state index contributed by atoms with van der Waals surface area (Å²) in [5.74, 6) is 0.0555. The van der Waals surface area contributed by atoms with Crippen LogP contribution in [0.25, 0.3) is 6.08 Å². The van der Waals surface area contributed by atoms with Crippen molar-refractivity contribution in [3.05, 3.63) is 90.0 Å². The van der Waals surface area contributed by atoms with Gasteiger partial charge in [0, 0.05) is 6.42 Å². The van der Waals surface area contributed by atoms with E-state index in [1.54, 1.807) is 53.6 Å². The maximum absolute atomic E-state index is 12.5. The van der Waals surface area contributed by atoms with Crippen LogP contribution < -0.4 is 19.6 Å². The highest BCUT2D eigenvalue weighted by Gasteiger charge is 2.28. The second kappa shape index (κ2) is 11.0. The van der Waals surface area contributed by atoms with Crippen LogP contribution in [-0.4, -0.2) is 27.4 Å². The molecule has 0 bridgehead atoms. The summed E-state index contributed by atoms with van der Waals surface area (Å²) in [6.45, 7) is -5.85. The van der Waals surface area contributed by atoms with E-state index in [4.69, 9.17) is 5.14 Å². The van der Waals surface area contributed by atoms with Gasteiger partial charge in [0.15, 0.2) is 0 Å². The van der Waals surface area contributed by atoms with E-state index in [2.05, 4.69) is 14.6 Å². The average molecular weight is 536 g/mol. The van der Waals surface area contributed by atoms with Gasteiger partial charge in [-0.05, 0) is 65.7 Å². The minimum Gasteiger partial charge on any atom is -0.435 e. The summed E-state index contributed by atoms with van der Waals surface area (Å²) in [5.41, 5.74) is 2.74. The van der Waals surface area contributed by atoms with E-state index in [0.717, 1.165) is 11.1 Å². The van der Waals surface area contributed by atoms with Crippen LogP contribution in [0.1, 0.15) is 23.6 Å². The van der Waals surface area contributed by atoms with E-state index in [1.807, 2.05) is 0 Å². The summed E-state index contributed by atoms with van der Waals surface area (Å²) in [5, 5.41) is 11.5. The molecule has 12 heteroatoms. The molecule has 0 saturated carbocycles. The molecular formula is C25H21F4N3O4S. The van der Waals surface area contributed by atoms with Gasteiger partial charge in [0.2, 0.25) is 10.0 Å². The topological polar surface area (TPSA) is 94.2 Å². The zero-order chi connectivity index (χ0) is 26.6. The molecule has 1 aliphatic heterocycles. The minimum atomic E-state index is -3.87. The largest absolute Gasteiger partial charge is 0.435 e. The van der Waals surface area contributed by atoms with Gasteiger partial charge in [0.05, 0.1) is 22.3 Å². The van der Waals surface area contributed by atoms with Crippen LogP contribution >= 0.6 is 0 Å². The molecule has 0 radical (unpaired) electrons. The molecular weight excluding hydrogens is 514 g/mol. The van der Waals surface area contributed by atoms with E-state index in [-0.39, 0.29) is 22.4 Å². The normalized spacial score (nSPS) is 16.0. The molecule has 4 rings (SSSR count). The van der Waals surface area contributed by atoms with Crippen LogP contribution in [0.2, 0.25) is 0 Å². The standard InChI is InChI=1S/C25H21F4N3O4S/c26-24(27)35-20-9-2-16(3-10-20)1-6-18-15-23(17-4-11-21(12-5-17)36-25(28)29)32(31-18)19-7-13-22(14-8-19)37(30,33)34/h1-14,23-25H,15H2,(H2,30,33,34)/b6-1+. The molecule has 37 heavy (non-hydrogen) atoms. The van der Waals surface area contributed by atoms with Gasteiger partial charge in [-0.3, -0.25) is 5.01 Å². The molecule has 0 fully saturated rings. The third-order valence-electron chi connectivity index (χ3n) is 5.43. The summed E-state index contributed by atoms with van der Waals surface area (Å²) in [4.78, 5) is -0.0520. The number of anilines is 1. The first-order valence-electron chi connectivity index (χ1n) is 10.9. The van der Waals surface area contributed by atoms with Crippen LogP contribution in [-0.2, 0) is 10.0 Å². The van der Waals surface area contributed by atoms with Crippen molar-refractivity contribution < 1.29 is 35.5 Å². The van der Waals surface area contributed by atoms with Gasteiger partial charge in [-0.1, -0.05) is 30.3 Å². The minimum absolute atomic E-state index is 0.0149. The number of hydrogen-bond acceptors (Lipinski definition) is 6. The van der Waals surface area contributed by atoms with Gasteiger partial charge < -0.3 is 9.47 Å². The number of benzene rings is 3. The predicted octanol–water partition coefficient (Wildman–Crippen LogP) is 5.56. The molecule has 1 unspecified atom stereocenters. The first kappa shape index (κ1) is 26.2. The SMILES string of the molecule is NS(=O)(=O)c1ccc(N2N=C(/C=C/c3ccc(OC(F)F)cc3)CC2c2ccc(OC(F)F)cc2)cc1. The lowest BCUT2D eigenvalue weighted by molar-refractivity contribution is -0.0505. The summed E-state index contributed by atoms with van der Waals surface area (Å²) < 4.78 is 81.8. The van der Waals surface area contributed by atoms with Crippen LogP contribution in [0.15, 0.2) is 88.9 Å². The molecule has 1 heterocycles. The fourth-order valence-corrected chi connectivity index (χ4v) is 4.26. The summed E-state index contributed by atoms with van der Waals surface area (Å²) >= 11 is 0. The third kappa shape index (κ3) is 6.86. The van der Waals surface area contributed by atoms with Crippen LogP contribution in [0.4, 0.5) is 23.2 Å². The van der Waals surface area contributed by atoms with Gasteiger partial charge in [-0.25, -0.2) is 13.6 Å². The Labute approximate surface area is 210 Å². The lowest BCUT2D eigenvalue weighted by Gasteiger charge is -2.24. The maximum atomic E-state index is 12.5. The van der Waals surface area contributed by atoms with Gasteiger partial charge in [-0.15, -0.1) is 0 Å². The van der Waals surface area contributed by atoms with Crippen molar-refractivity contribution in [3.8, 4) is 11.5 Å². The molecule has 1 atom stereocenters. The maximum Gasteiger partial charge on any atom is 0.387 e. The van der Waals surface area contributed by atoms with Crippen molar-refractivity contribution in [2.24, 2.45) is 10.2 Å².